The Morgan fingerprint density at radius 2 is 1.71 bits per heavy atom. The highest BCUT2D eigenvalue weighted by Gasteiger charge is 2.11. The largest absolute Gasteiger partial charge is 0.378 e. The van der Waals surface area contributed by atoms with E-state index in [2.05, 4.69) is 79.7 Å². The van der Waals surface area contributed by atoms with Crippen LogP contribution in [0.1, 0.15) is 26.3 Å². The molecule has 4 nitrogen and oxygen atoms in total. The van der Waals surface area contributed by atoms with Crippen molar-refractivity contribution in [2.24, 2.45) is 4.99 Å². The number of anilines is 1. The van der Waals surface area contributed by atoms with Crippen molar-refractivity contribution >= 4 is 35.6 Å². The molecule has 120 valence electrons. The molecule has 0 amide bonds. The van der Waals surface area contributed by atoms with Crippen LogP contribution in [0.25, 0.3) is 0 Å². The van der Waals surface area contributed by atoms with Crippen LogP contribution in [0.2, 0.25) is 0 Å². The number of nitrogens with one attached hydrogen (secondary N) is 2. The summed E-state index contributed by atoms with van der Waals surface area (Å²) < 4.78 is 0. The van der Waals surface area contributed by atoms with Gasteiger partial charge in [0.05, 0.1) is 0 Å². The molecule has 0 saturated carbocycles. The van der Waals surface area contributed by atoms with Gasteiger partial charge >= 0.3 is 0 Å². The summed E-state index contributed by atoms with van der Waals surface area (Å²) in [5.41, 5.74) is 2.58. The van der Waals surface area contributed by atoms with Gasteiger partial charge in [0.15, 0.2) is 5.96 Å². The van der Waals surface area contributed by atoms with E-state index < -0.39 is 0 Å². The quantitative estimate of drug-likeness (QED) is 0.461. The van der Waals surface area contributed by atoms with Crippen molar-refractivity contribution < 1.29 is 0 Å². The number of benzene rings is 1. The van der Waals surface area contributed by atoms with Crippen LogP contribution in [0.5, 0.6) is 0 Å². The monoisotopic (exact) mass is 404 g/mol. The van der Waals surface area contributed by atoms with Gasteiger partial charge in [0.25, 0.3) is 0 Å². The minimum Gasteiger partial charge on any atom is -0.378 e. The van der Waals surface area contributed by atoms with Crippen LogP contribution in [0.3, 0.4) is 0 Å². The highest BCUT2D eigenvalue weighted by Crippen LogP contribution is 2.12. The van der Waals surface area contributed by atoms with Gasteiger partial charge in [-0.1, -0.05) is 12.1 Å². The van der Waals surface area contributed by atoms with E-state index in [4.69, 9.17) is 0 Å². The molecule has 2 N–H and O–H groups in total. The van der Waals surface area contributed by atoms with Crippen molar-refractivity contribution in [3.05, 3.63) is 29.8 Å². The van der Waals surface area contributed by atoms with Crippen LogP contribution in [-0.2, 0) is 6.42 Å². The van der Waals surface area contributed by atoms with Crippen molar-refractivity contribution in [3.8, 4) is 0 Å². The molecule has 1 aromatic carbocycles. The predicted molar refractivity (Wildman–Crippen MR) is 104 cm³/mol. The minimum absolute atomic E-state index is 0. The zero-order chi connectivity index (χ0) is 15.2. The number of hydrogen-bond donors (Lipinski definition) is 2. The maximum Gasteiger partial charge on any atom is 0.191 e. The molecule has 21 heavy (non-hydrogen) atoms. The summed E-state index contributed by atoms with van der Waals surface area (Å²) in [5.74, 6) is 0.849. The molecule has 1 rings (SSSR count). The molecule has 0 radical (unpaired) electrons. The molecule has 0 saturated heterocycles. The van der Waals surface area contributed by atoms with Gasteiger partial charge in [-0.2, -0.15) is 0 Å². The van der Waals surface area contributed by atoms with E-state index >= 15 is 0 Å². The standard InChI is InChI=1S/C16H28N4.HI/c1-16(2,3)19-15(17-4)18-12-11-13-7-9-14(10-8-13)20(5)6;/h7-10H,11-12H2,1-6H3,(H2,17,18,19);1H. The second-order valence-corrected chi connectivity index (χ2v) is 6.18. The third-order valence-electron chi connectivity index (χ3n) is 2.88. The lowest BCUT2D eigenvalue weighted by molar-refractivity contribution is 0.501. The SMILES string of the molecule is CN=C(NCCc1ccc(N(C)C)cc1)NC(C)(C)C.I. The van der Waals surface area contributed by atoms with Crippen LogP contribution < -0.4 is 15.5 Å². The molecule has 5 heteroatoms. The highest BCUT2D eigenvalue weighted by atomic mass is 127. The number of rotatable bonds is 4. The van der Waals surface area contributed by atoms with E-state index in [1.807, 2.05) is 0 Å². The van der Waals surface area contributed by atoms with Gasteiger partial charge < -0.3 is 15.5 Å². The molecule has 0 aliphatic carbocycles. The molecule has 0 spiro atoms. The Morgan fingerprint density at radius 1 is 1.14 bits per heavy atom. The van der Waals surface area contributed by atoms with Crippen LogP contribution in [-0.4, -0.2) is 39.2 Å². The van der Waals surface area contributed by atoms with E-state index in [1.165, 1.54) is 11.3 Å². The van der Waals surface area contributed by atoms with Crippen molar-refractivity contribution in [3.63, 3.8) is 0 Å². The fraction of sp³-hybridized carbons (Fsp3) is 0.562. The summed E-state index contributed by atoms with van der Waals surface area (Å²) in [4.78, 5) is 6.34. The fourth-order valence-corrected chi connectivity index (χ4v) is 1.82. The highest BCUT2D eigenvalue weighted by molar-refractivity contribution is 14.0. The molecule has 0 unspecified atom stereocenters. The number of halogens is 1. The second-order valence-electron chi connectivity index (χ2n) is 6.18. The molecule has 0 aromatic heterocycles. The summed E-state index contributed by atoms with van der Waals surface area (Å²) >= 11 is 0. The van der Waals surface area contributed by atoms with Crippen LogP contribution in [0.4, 0.5) is 5.69 Å². The van der Waals surface area contributed by atoms with Crippen molar-refractivity contribution in [1.29, 1.82) is 0 Å². The Morgan fingerprint density at radius 3 is 2.14 bits per heavy atom. The molecule has 0 fully saturated rings. The lowest BCUT2D eigenvalue weighted by Crippen LogP contribution is -2.48. The maximum absolute atomic E-state index is 4.23. The summed E-state index contributed by atoms with van der Waals surface area (Å²) in [6.45, 7) is 7.25. The zero-order valence-corrected chi connectivity index (χ0v) is 16.4. The third-order valence-corrected chi connectivity index (χ3v) is 2.88. The molecule has 0 bridgehead atoms. The fourth-order valence-electron chi connectivity index (χ4n) is 1.82. The van der Waals surface area contributed by atoms with E-state index in [1.54, 1.807) is 7.05 Å². The molecular weight excluding hydrogens is 375 g/mol. The Balaban J connectivity index is 0.00000400. The van der Waals surface area contributed by atoms with Gasteiger partial charge in [-0.15, -0.1) is 24.0 Å². The van der Waals surface area contributed by atoms with E-state index in [9.17, 15) is 0 Å². The second kappa shape index (κ2) is 9.12. The van der Waals surface area contributed by atoms with Crippen molar-refractivity contribution in [2.45, 2.75) is 32.7 Å². The first-order valence-electron chi connectivity index (χ1n) is 7.07. The van der Waals surface area contributed by atoms with Gasteiger partial charge in [-0.3, -0.25) is 4.99 Å². The van der Waals surface area contributed by atoms with E-state index in [0.29, 0.717) is 0 Å². The van der Waals surface area contributed by atoms with Gasteiger partial charge in [0, 0.05) is 38.9 Å². The first-order valence-corrected chi connectivity index (χ1v) is 7.07. The number of aliphatic imine (C=N–C) groups is 1. The summed E-state index contributed by atoms with van der Waals surface area (Å²) in [7, 11) is 5.91. The molecular formula is C16H29IN4. The van der Waals surface area contributed by atoms with Crippen LogP contribution >= 0.6 is 24.0 Å². The third kappa shape index (κ3) is 8.14. The van der Waals surface area contributed by atoms with E-state index in [0.717, 1.165) is 18.9 Å². The Kier molecular flexibility index (Phi) is 8.70. The van der Waals surface area contributed by atoms with Crippen LogP contribution in [0, 0.1) is 0 Å². The predicted octanol–water partition coefficient (Wildman–Crippen LogP) is 2.88. The minimum atomic E-state index is 0. The molecule has 0 aliphatic heterocycles. The maximum atomic E-state index is 4.23. The first-order chi connectivity index (χ1) is 9.31. The van der Waals surface area contributed by atoms with Gasteiger partial charge in [-0.25, -0.2) is 0 Å². The van der Waals surface area contributed by atoms with Crippen molar-refractivity contribution in [1.82, 2.24) is 10.6 Å². The summed E-state index contributed by atoms with van der Waals surface area (Å²) in [6.07, 6.45) is 0.985. The van der Waals surface area contributed by atoms with Gasteiger partial charge in [-0.05, 0) is 44.9 Å². The summed E-state index contributed by atoms with van der Waals surface area (Å²) in [6, 6.07) is 8.66. The normalized spacial score (nSPS) is 11.6. The first kappa shape index (κ1) is 20.0. The number of hydrogen-bond acceptors (Lipinski definition) is 2. The molecule has 0 heterocycles. The molecule has 0 atom stereocenters. The zero-order valence-electron chi connectivity index (χ0n) is 14.0. The Bertz CT molecular complexity index is 433. The Labute approximate surface area is 146 Å². The van der Waals surface area contributed by atoms with Gasteiger partial charge in [0.2, 0.25) is 0 Å². The topological polar surface area (TPSA) is 39.7 Å². The van der Waals surface area contributed by atoms with Gasteiger partial charge in [0.1, 0.15) is 0 Å². The Hall–Kier alpha value is -0.980. The summed E-state index contributed by atoms with van der Waals surface area (Å²) in [5, 5.41) is 6.69. The van der Waals surface area contributed by atoms with E-state index in [-0.39, 0.29) is 29.5 Å². The lowest BCUT2D eigenvalue weighted by Gasteiger charge is -2.23. The number of guanidine groups is 1. The smallest absolute Gasteiger partial charge is 0.191 e. The van der Waals surface area contributed by atoms with Crippen LogP contribution in [0.15, 0.2) is 29.3 Å². The molecule has 0 aliphatic rings. The number of nitrogens with zero attached hydrogens (tertiary/aromatic N) is 2. The lowest BCUT2D eigenvalue weighted by atomic mass is 10.1. The van der Waals surface area contributed by atoms with Crippen molar-refractivity contribution in [2.75, 3.05) is 32.6 Å². The molecule has 1 aromatic rings. The average Bonchev–Trinajstić information content (AvgIpc) is 2.36. The average molecular weight is 404 g/mol.